The van der Waals surface area contributed by atoms with Gasteiger partial charge in [-0.05, 0) is 42.7 Å². The summed E-state index contributed by atoms with van der Waals surface area (Å²) in [6.45, 7) is 8.87. The summed E-state index contributed by atoms with van der Waals surface area (Å²) in [6.07, 6.45) is 7.61. The van der Waals surface area contributed by atoms with Crippen molar-refractivity contribution < 1.29 is 9.84 Å². The van der Waals surface area contributed by atoms with Crippen LogP contribution < -0.4 is 21.0 Å². The number of benzene rings is 1. The number of aliphatic hydroxyl groups excluding tert-OH is 1. The summed E-state index contributed by atoms with van der Waals surface area (Å²) in [7, 11) is 1.65. The topological polar surface area (TPSA) is 72.8 Å². The highest BCUT2D eigenvalue weighted by Crippen LogP contribution is 2.21. The van der Waals surface area contributed by atoms with E-state index in [9.17, 15) is 5.11 Å². The molecule has 28 heavy (non-hydrogen) atoms. The van der Waals surface area contributed by atoms with Crippen molar-refractivity contribution in [2.45, 2.75) is 59.1 Å². The molecule has 152 valence electrons. The molecule has 0 saturated heterocycles. The second kappa shape index (κ2) is 10.7. The van der Waals surface area contributed by atoms with E-state index in [1.807, 2.05) is 37.4 Å². The summed E-state index contributed by atoms with van der Waals surface area (Å²) in [6, 6.07) is 7.80. The zero-order valence-electron chi connectivity index (χ0n) is 17.4. The van der Waals surface area contributed by atoms with Gasteiger partial charge in [-0.3, -0.25) is 0 Å². The molecule has 2 rings (SSSR count). The molecule has 0 aliphatic heterocycles. The van der Waals surface area contributed by atoms with Crippen LogP contribution in [0.4, 0.5) is 0 Å². The van der Waals surface area contributed by atoms with Crippen LogP contribution in [0.1, 0.15) is 57.1 Å². The lowest BCUT2D eigenvalue weighted by Gasteiger charge is -2.12. The number of aliphatic hydroxyl groups is 1. The van der Waals surface area contributed by atoms with Crippen molar-refractivity contribution in [3.05, 3.63) is 52.2 Å². The molecule has 5 heteroatoms. The molecule has 1 heterocycles. The number of nitrogens with zero attached hydrogens (tertiary/aromatic N) is 2. The van der Waals surface area contributed by atoms with Crippen molar-refractivity contribution in [2.75, 3.05) is 7.11 Å². The molecule has 0 radical (unpaired) electrons. The van der Waals surface area contributed by atoms with Gasteiger partial charge in [0.1, 0.15) is 5.75 Å². The third kappa shape index (κ3) is 5.73. The van der Waals surface area contributed by atoms with Crippen molar-refractivity contribution in [3.8, 4) is 5.75 Å². The summed E-state index contributed by atoms with van der Waals surface area (Å²) in [5.41, 5.74) is 8.77. The minimum atomic E-state index is -0.00534. The maximum atomic E-state index is 9.36. The van der Waals surface area contributed by atoms with E-state index in [0.717, 1.165) is 46.0 Å². The van der Waals surface area contributed by atoms with Crippen molar-refractivity contribution in [1.29, 1.82) is 0 Å². The molecular formula is C23H33N3O2. The number of aromatic nitrogens is 1. The molecule has 2 aromatic rings. The van der Waals surface area contributed by atoms with Crippen LogP contribution in [0.3, 0.4) is 0 Å². The minimum absolute atomic E-state index is 0.00534. The number of methoxy groups -OCH3 is 1. The molecule has 0 saturated carbocycles. The van der Waals surface area contributed by atoms with Crippen molar-refractivity contribution in [3.63, 3.8) is 0 Å². The van der Waals surface area contributed by atoms with E-state index < -0.39 is 0 Å². The van der Waals surface area contributed by atoms with Gasteiger partial charge in [0, 0.05) is 11.8 Å². The quantitative estimate of drug-likeness (QED) is 0.376. The molecule has 1 aromatic heterocycles. The van der Waals surface area contributed by atoms with E-state index in [4.69, 9.17) is 10.5 Å². The number of nitrogens with two attached hydrogens (primary N) is 1. The molecule has 0 fully saturated rings. The third-order valence-electron chi connectivity index (χ3n) is 4.77. The fourth-order valence-corrected chi connectivity index (χ4v) is 3.36. The van der Waals surface area contributed by atoms with Crippen LogP contribution in [-0.4, -0.2) is 22.6 Å². The molecule has 3 N–H and O–H groups in total. The van der Waals surface area contributed by atoms with E-state index in [0.29, 0.717) is 12.4 Å². The molecule has 0 amide bonds. The normalized spacial score (nSPS) is 12.9. The van der Waals surface area contributed by atoms with Gasteiger partial charge < -0.3 is 20.1 Å². The first-order valence-corrected chi connectivity index (χ1v) is 9.94. The third-order valence-corrected chi connectivity index (χ3v) is 4.77. The lowest BCUT2D eigenvalue weighted by atomic mass is 10.1. The highest BCUT2D eigenvalue weighted by molar-refractivity contribution is 5.81. The van der Waals surface area contributed by atoms with Gasteiger partial charge in [0.05, 0.1) is 37.1 Å². The average molecular weight is 384 g/mol. The molecule has 0 aliphatic carbocycles. The van der Waals surface area contributed by atoms with E-state index >= 15 is 0 Å². The number of unbranched alkanes of at least 4 members (excludes halogenated alkanes) is 3. The van der Waals surface area contributed by atoms with Gasteiger partial charge >= 0.3 is 0 Å². The zero-order chi connectivity index (χ0) is 20.5. The number of aliphatic imine (C=N–C) groups is 1. The highest BCUT2D eigenvalue weighted by atomic mass is 16.5. The van der Waals surface area contributed by atoms with E-state index in [1.54, 1.807) is 7.11 Å². The average Bonchev–Trinajstić information content (AvgIpc) is 3.04. The highest BCUT2D eigenvalue weighted by Gasteiger charge is 2.09. The van der Waals surface area contributed by atoms with Gasteiger partial charge in [0.25, 0.3) is 0 Å². The molecule has 1 aromatic carbocycles. The van der Waals surface area contributed by atoms with Crippen LogP contribution in [0.25, 0.3) is 12.3 Å². The molecule has 5 nitrogen and oxygen atoms in total. The zero-order valence-corrected chi connectivity index (χ0v) is 17.4. The first kappa shape index (κ1) is 21.8. The standard InChI is InChI=1S/C23H33N3O2/c1-5-6-7-8-9-21(25-18(3)24)23-17(2)12-13-26(23)15-20-11-10-19(16-27)14-22(20)28-4/h10-14,27H,2,5-9,15-16H2,1,3-4H3,(H2,24,25)/b23-21+. The maximum absolute atomic E-state index is 9.36. The molecule has 0 atom stereocenters. The lowest BCUT2D eigenvalue weighted by molar-refractivity contribution is 0.281. The van der Waals surface area contributed by atoms with Crippen molar-refractivity contribution >= 4 is 18.1 Å². The van der Waals surface area contributed by atoms with Crippen LogP contribution in [0.5, 0.6) is 5.75 Å². The molecule has 0 spiro atoms. The van der Waals surface area contributed by atoms with E-state index in [1.165, 1.54) is 19.3 Å². The van der Waals surface area contributed by atoms with Gasteiger partial charge in [0.2, 0.25) is 0 Å². The van der Waals surface area contributed by atoms with Crippen LogP contribution in [0.15, 0.2) is 35.5 Å². The Labute approximate surface area is 167 Å². The summed E-state index contributed by atoms with van der Waals surface area (Å²) in [4.78, 5) is 4.64. The van der Waals surface area contributed by atoms with Crippen LogP contribution >= 0.6 is 0 Å². The first-order valence-electron chi connectivity index (χ1n) is 9.94. The van der Waals surface area contributed by atoms with Gasteiger partial charge in [0.15, 0.2) is 0 Å². The number of hydrogen-bond acceptors (Lipinski definition) is 3. The Hall–Kier alpha value is -2.53. The van der Waals surface area contributed by atoms with Gasteiger partial charge in [-0.15, -0.1) is 0 Å². The number of amidine groups is 1. The smallest absolute Gasteiger partial charge is 0.124 e. The molecular weight excluding hydrogens is 350 g/mol. The Kier molecular flexibility index (Phi) is 8.33. The number of ether oxygens (including phenoxy) is 1. The van der Waals surface area contributed by atoms with E-state index in [2.05, 4.69) is 23.1 Å². The lowest BCUT2D eigenvalue weighted by Crippen LogP contribution is -2.31. The molecule has 0 unspecified atom stereocenters. The van der Waals surface area contributed by atoms with Gasteiger partial charge in [-0.1, -0.05) is 44.9 Å². The second-order valence-corrected chi connectivity index (χ2v) is 7.13. The summed E-state index contributed by atoms with van der Waals surface area (Å²) in [5, 5.41) is 11.3. The Balaban J connectivity index is 2.46. The Morgan fingerprint density at radius 2 is 2.04 bits per heavy atom. The minimum Gasteiger partial charge on any atom is -0.496 e. The van der Waals surface area contributed by atoms with Crippen LogP contribution in [0.2, 0.25) is 0 Å². The predicted octanol–water partition coefficient (Wildman–Crippen LogP) is 2.90. The Morgan fingerprint density at radius 1 is 1.25 bits per heavy atom. The van der Waals surface area contributed by atoms with Crippen LogP contribution in [-0.2, 0) is 13.2 Å². The summed E-state index contributed by atoms with van der Waals surface area (Å²) in [5.74, 6) is 1.32. The van der Waals surface area contributed by atoms with Crippen molar-refractivity contribution in [2.24, 2.45) is 10.7 Å². The Morgan fingerprint density at radius 3 is 2.68 bits per heavy atom. The van der Waals surface area contributed by atoms with Crippen LogP contribution in [0, 0.1) is 0 Å². The van der Waals surface area contributed by atoms with Crippen molar-refractivity contribution in [1.82, 2.24) is 4.57 Å². The predicted molar refractivity (Wildman–Crippen MR) is 117 cm³/mol. The van der Waals surface area contributed by atoms with Gasteiger partial charge in [-0.25, -0.2) is 4.99 Å². The summed E-state index contributed by atoms with van der Waals surface area (Å²) < 4.78 is 7.68. The largest absolute Gasteiger partial charge is 0.496 e. The van der Waals surface area contributed by atoms with Gasteiger partial charge in [-0.2, -0.15) is 0 Å². The summed E-state index contributed by atoms with van der Waals surface area (Å²) >= 11 is 0. The Bertz CT molecular complexity index is 908. The van der Waals surface area contributed by atoms with E-state index in [-0.39, 0.29) is 6.61 Å². The fourth-order valence-electron chi connectivity index (χ4n) is 3.36. The second-order valence-electron chi connectivity index (χ2n) is 7.13. The monoisotopic (exact) mass is 383 g/mol. The fraction of sp³-hybridized carbons (Fsp3) is 0.435. The SMILES string of the molecule is C=c1ccn(Cc2ccc(CO)cc2OC)/c1=C(\CCCCCC)N=C(C)N. The molecule has 0 bridgehead atoms. The number of rotatable bonds is 10. The first-order chi connectivity index (χ1) is 13.5. The molecule has 0 aliphatic rings. The number of hydrogen-bond donors (Lipinski definition) is 2. The maximum Gasteiger partial charge on any atom is 0.124 e.